The minimum Gasteiger partial charge on any atom is -0.435 e. The molecule has 1 aromatic carbocycles. The third kappa shape index (κ3) is 2.63. The van der Waals surface area contributed by atoms with E-state index in [4.69, 9.17) is 9.47 Å². The van der Waals surface area contributed by atoms with E-state index in [2.05, 4.69) is 6.58 Å². The maximum Gasteiger partial charge on any atom is 0.315 e. The SMILES string of the molecule is C=C1CC[C@@H]2CCCC[C@]23C(=O)O[C@@H](OCc2ccc([N+](=O)[O-])cc2)[C@H]13. The molecule has 3 aliphatic rings. The molecule has 4 rings (SSSR count). The zero-order valence-corrected chi connectivity index (χ0v) is 14.7. The molecule has 0 N–H and O–H groups in total. The Morgan fingerprint density at radius 1 is 1.27 bits per heavy atom. The van der Waals surface area contributed by atoms with Crippen LogP contribution >= 0.6 is 0 Å². The molecule has 1 heterocycles. The Bertz CT molecular complexity index is 743. The number of esters is 1. The van der Waals surface area contributed by atoms with Crippen LogP contribution in [0.5, 0.6) is 0 Å². The normalized spacial score (nSPS) is 33.3. The number of hydrogen-bond donors (Lipinski definition) is 0. The second kappa shape index (κ2) is 6.50. The summed E-state index contributed by atoms with van der Waals surface area (Å²) in [6.07, 6.45) is 5.49. The summed E-state index contributed by atoms with van der Waals surface area (Å²) in [7, 11) is 0. The molecule has 1 aliphatic heterocycles. The summed E-state index contributed by atoms with van der Waals surface area (Å²) in [6.45, 7) is 4.48. The maximum absolute atomic E-state index is 12.8. The number of cyclic esters (lactones) is 1. The Kier molecular flexibility index (Phi) is 4.31. The molecule has 0 bridgehead atoms. The van der Waals surface area contributed by atoms with Crippen LogP contribution in [0.15, 0.2) is 36.4 Å². The number of nitrogens with zero attached hydrogens (tertiary/aromatic N) is 1. The first-order valence-electron chi connectivity index (χ1n) is 9.26. The van der Waals surface area contributed by atoms with E-state index in [1.807, 2.05) is 0 Å². The highest BCUT2D eigenvalue weighted by molar-refractivity contribution is 5.81. The summed E-state index contributed by atoms with van der Waals surface area (Å²) < 4.78 is 11.7. The van der Waals surface area contributed by atoms with E-state index in [0.717, 1.165) is 43.2 Å². The van der Waals surface area contributed by atoms with Crippen LogP contribution in [0.3, 0.4) is 0 Å². The molecule has 1 aromatic rings. The van der Waals surface area contributed by atoms with Gasteiger partial charge < -0.3 is 9.47 Å². The number of nitro benzene ring substituents is 1. The minimum absolute atomic E-state index is 0.0469. The number of ether oxygens (including phenoxy) is 2. The number of nitro groups is 1. The van der Waals surface area contributed by atoms with Crippen LogP contribution in [0.4, 0.5) is 5.69 Å². The molecular weight excluding hydrogens is 334 g/mol. The van der Waals surface area contributed by atoms with Gasteiger partial charge in [-0.25, -0.2) is 0 Å². The van der Waals surface area contributed by atoms with Gasteiger partial charge >= 0.3 is 5.97 Å². The van der Waals surface area contributed by atoms with Crippen molar-refractivity contribution < 1.29 is 19.2 Å². The summed E-state index contributed by atoms with van der Waals surface area (Å²) in [5.74, 6) is 0.168. The summed E-state index contributed by atoms with van der Waals surface area (Å²) in [6, 6.07) is 6.25. The van der Waals surface area contributed by atoms with Gasteiger partial charge in [-0.3, -0.25) is 14.9 Å². The van der Waals surface area contributed by atoms with Gasteiger partial charge in [0.2, 0.25) is 6.29 Å². The third-order valence-electron chi connectivity index (χ3n) is 6.37. The smallest absolute Gasteiger partial charge is 0.315 e. The molecule has 6 nitrogen and oxygen atoms in total. The van der Waals surface area contributed by atoms with Gasteiger partial charge in [0, 0.05) is 12.1 Å². The zero-order chi connectivity index (χ0) is 18.3. The summed E-state index contributed by atoms with van der Waals surface area (Å²) in [5.41, 5.74) is 1.47. The molecule has 138 valence electrons. The Balaban J connectivity index is 1.51. The van der Waals surface area contributed by atoms with Gasteiger partial charge in [0.15, 0.2) is 0 Å². The number of hydrogen-bond acceptors (Lipinski definition) is 5. The number of benzene rings is 1. The molecular formula is C20H23NO5. The topological polar surface area (TPSA) is 78.7 Å². The van der Waals surface area contributed by atoms with E-state index in [0.29, 0.717) is 5.92 Å². The van der Waals surface area contributed by atoms with Crippen molar-refractivity contribution in [2.45, 2.75) is 51.4 Å². The Labute approximate surface area is 152 Å². The lowest BCUT2D eigenvalue weighted by Gasteiger charge is -2.46. The third-order valence-corrected chi connectivity index (χ3v) is 6.37. The van der Waals surface area contributed by atoms with E-state index in [1.54, 1.807) is 12.1 Å². The average molecular weight is 357 g/mol. The monoisotopic (exact) mass is 357 g/mol. The standard InChI is InChI=1S/C20H23NO5/c1-13-5-8-15-4-2-3-11-20(15)17(13)18(26-19(20)22)25-12-14-6-9-16(10-7-14)21(23)24/h6-7,9-10,15,17-18H,1-5,8,11-12H2/t15-,17-,18+,20-/m0/s1. The van der Waals surface area contributed by atoms with Crippen LogP contribution in [0.25, 0.3) is 0 Å². The molecule has 0 aromatic heterocycles. The highest BCUT2D eigenvalue weighted by Crippen LogP contribution is 2.60. The van der Waals surface area contributed by atoms with Gasteiger partial charge in [0.1, 0.15) is 0 Å². The van der Waals surface area contributed by atoms with Crippen LogP contribution in [0, 0.1) is 27.4 Å². The molecule has 26 heavy (non-hydrogen) atoms. The van der Waals surface area contributed by atoms with Gasteiger partial charge in [-0.05, 0) is 49.3 Å². The molecule has 1 spiro atoms. The van der Waals surface area contributed by atoms with Gasteiger partial charge in [0.05, 0.1) is 22.9 Å². The fraction of sp³-hybridized carbons (Fsp3) is 0.550. The predicted octanol–water partition coefficient (Wildman–Crippen LogP) is 4.14. The van der Waals surface area contributed by atoms with Crippen molar-refractivity contribution in [3.8, 4) is 0 Å². The first-order chi connectivity index (χ1) is 12.5. The second-order valence-corrected chi connectivity index (χ2v) is 7.67. The van der Waals surface area contributed by atoms with Gasteiger partial charge in [-0.2, -0.15) is 0 Å². The molecule has 2 saturated carbocycles. The Morgan fingerprint density at radius 3 is 2.77 bits per heavy atom. The summed E-state index contributed by atoms with van der Waals surface area (Å²) in [4.78, 5) is 23.2. The van der Waals surface area contributed by atoms with Crippen molar-refractivity contribution >= 4 is 11.7 Å². The zero-order valence-electron chi connectivity index (χ0n) is 14.7. The largest absolute Gasteiger partial charge is 0.435 e. The molecule has 1 saturated heterocycles. The summed E-state index contributed by atoms with van der Waals surface area (Å²) in [5, 5.41) is 10.7. The van der Waals surface area contributed by atoms with E-state index >= 15 is 0 Å². The van der Waals surface area contributed by atoms with E-state index in [-0.39, 0.29) is 24.2 Å². The van der Waals surface area contributed by atoms with Crippen molar-refractivity contribution in [1.29, 1.82) is 0 Å². The molecule has 3 fully saturated rings. The van der Waals surface area contributed by atoms with E-state index in [1.165, 1.54) is 18.6 Å². The van der Waals surface area contributed by atoms with Gasteiger partial charge in [-0.15, -0.1) is 0 Å². The number of carbonyl (C=O) groups is 1. The lowest BCUT2D eigenvalue weighted by atomic mass is 9.54. The van der Waals surface area contributed by atoms with Crippen molar-refractivity contribution in [1.82, 2.24) is 0 Å². The average Bonchev–Trinajstić information content (AvgIpc) is 2.93. The number of non-ortho nitro benzene ring substituents is 1. The fourth-order valence-electron chi connectivity index (χ4n) is 5.10. The molecule has 2 aliphatic carbocycles. The van der Waals surface area contributed by atoms with Gasteiger partial charge in [0.25, 0.3) is 5.69 Å². The number of rotatable bonds is 4. The van der Waals surface area contributed by atoms with E-state index < -0.39 is 16.6 Å². The molecule has 4 atom stereocenters. The Hall–Kier alpha value is -2.21. The lowest BCUT2D eigenvalue weighted by molar-refractivity contribution is -0.384. The first-order valence-corrected chi connectivity index (χ1v) is 9.26. The number of carbonyl (C=O) groups excluding carboxylic acids is 1. The van der Waals surface area contributed by atoms with Crippen molar-refractivity contribution in [3.05, 3.63) is 52.1 Å². The fourth-order valence-corrected chi connectivity index (χ4v) is 5.10. The predicted molar refractivity (Wildman–Crippen MR) is 94.0 cm³/mol. The molecule has 0 radical (unpaired) electrons. The lowest BCUT2D eigenvalue weighted by Crippen LogP contribution is -2.47. The highest BCUT2D eigenvalue weighted by Gasteiger charge is 2.64. The van der Waals surface area contributed by atoms with Crippen molar-refractivity contribution in [3.63, 3.8) is 0 Å². The van der Waals surface area contributed by atoms with Crippen LogP contribution in [0.2, 0.25) is 0 Å². The van der Waals surface area contributed by atoms with Crippen LogP contribution in [-0.4, -0.2) is 17.2 Å². The van der Waals surface area contributed by atoms with Crippen molar-refractivity contribution in [2.75, 3.05) is 0 Å². The molecule has 0 amide bonds. The maximum atomic E-state index is 12.8. The quantitative estimate of drug-likeness (QED) is 0.350. The van der Waals surface area contributed by atoms with Crippen molar-refractivity contribution in [2.24, 2.45) is 17.3 Å². The van der Waals surface area contributed by atoms with Gasteiger partial charge in [-0.1, -0.05) is 25.0 Å². The van der Waals surface area contributed by atoms with Crippen LogP contribution in [0.1, 0.15) is 44.1 Å². The minimum atomic E-state index is -0.605. The highest BCUT2D eigenvalue weighted by atomic mass is 16.7. The molecule has 6 heteroatoms. The second-order valence-electron chi connectivity index (χ2n) is 7.67. The van der Waals surface area contributed by atoms with Crippen LogP contribution < -0.4 is 0 Å². The summed E-state index contributed by atoms with van der Waals surface area (Å²) >= 11 is 0. The molecule has 0 unspecified atom stereocenters. The van der Waals surface area contributed by atoms with Crippen LogP contribution in [-0.2, 0) is 20.9 Å². The van der Waals surface area contributed by atoms with E-state index in [9.17, 15) is 14.9 Å². The Morgan fingerprint density at radius 2 is 2.04 bits per heavy atom. The first kappa shape index (κ1) is 17.2.